The second-order valence-corrected chi connectivity index (χ2v) is 6.28. The minimum absolute atomic E-state index is 0.0933. The Kier molecular flexibility index (Phi) is 3.14. The molecule has 0 radical (unpaired) electrons. The maximum Gasteiger partial charge on any atom is 0.244 e. The topological polar surface area (TPSA) is 101 Å². The quantitative estimate of drug-likeness (QED) is 0.840. The van der Waals surface area contributed by atoms with Crippen LogP contribution in [0.25, 0.3) is 0 Å². The number of nitrogens with zero attached hydrogens (tertiary/aromatic N) is 3. The summed E-state index contributed by atoms with van der Waals surface area (Å²) in [4.78, 5) is 4.16. The molecule has 2 aromatic heterocycles. The second-order valence-electron chi connectivity index (χ2n) is 6.28. The number of ether oxygens (including phenoxy) is 1. The van der Waals surface area contributed by atoms with Gasteiger partial charge >= 0.3 is 0 Å². The van der Waals surface area contributed by atoms with Gasteiger partial charge in [-0.25, -0.2) is 0 Å². The molecule has 6 heteroatoms. The molecule has 0 aromatic carbocycles. The molecule has 3 rings (SSSR count). The second kappa shape index (κ2) is 4.88. The molecule has 0 bridgehead atoms. The highest BCUT2D eigenvalue weighted by molar-refractivity contribution is 5.55. The summed E-state index contributed by atoms with van der Waals surface area (Å²) in [6.07, 6.45) is 3.44. The number of aromatic amines is 1. The average Bonchev–Trinajstić information content (AvgIpc) is 2.90. The molecule has 0 fully saturated rings. The van der Waals surface area contributed by atoms with E-state index in [1.165, 1.54) is 0 Å². The van der Waals surface area contributed by atoms with Crippen LogP contribution in [0.5, 0.6) is 5.88 Å². The fourth-order valence-electron chi connectivity index (χ4n) is 2.70. The molecule has 0 unspecified atom stereocenters. The van der Waals surface area contributed by atoms with Crippen molar-refractivity contribution in [3.63, 3.8) is 0 Å². The smallest absolute Gasteiger partial charge is 0.244 e. The zero-order valence-electron chi connectivity index (χ0n) is 12.7. The van der Waals surface area contributed by atoms with E-state index in [9.17, 15) is 5.26 Å². The van der Waals surface area contributed by atoms with Gasteiger partial charge in [0.2, 0.25) is 11.8 Å². The highest BCUT2D eigenvalue weighted by atomic mass is 16.5. The van der Waals surface area contributed by atoms with Crippen LogP contribution in [-0.2, 0) is 5.41 Å². The van der Waals surface area contributed by atoms with Gasteiger partial charge in [0.15, 0.2) is 0 Å². The van der Waals surface area contributed by atoms with Crippen LogP contribution >= 0.6 is 0 Å². The predicted octanol–water partition coefficient (Wildman–Crippen LogP) is 2.32. The van der Waals surface area contributed by atoms with Crippen molar-refractivity contribution in [1.29, 1.82) is 5.26 Å². The zero-order chi connectivity index (χ0) is 15.9. The van der Waals surface area contributed by atoms with Gasteiger partial charge in [-0.05, 0) is 11.6 Å². The van der Waals surface area contributed by atoms with Gasteiger partial charge in [0, 0.05) is 23.5 Å². The molecule has 112 valence electrons. The zero-order valence-corrected chi connectivity index (χ0v) is 12.7. The van der Waals surface area contributed by atoms with Crippen molar-refractivity contribution in [2.45, 2.75) is 32.1 Å². The van der Waals surface area contributed by atoms with Crippen molar-refractivity contribution < 1.29 is 4.74 Å². The summed E-state index contributed by atoms with van der Waals surface area (Å²) in [5, 5.41) is 16.8. The first-order valence-corrected chi connectivity index (χ1v) is 6.99. The summed E-state index contributed by atoms with van der Waals surface area (Å²) in [7, 11) is 0. The fraction of sp³-hybridized carbons (Fsp3) is 0.312. The standard InChI is InChI=1S/C16H17N5O/c1-16(2,3)13-12-11(9-5-4-6-19-8-9)10(7-17)14(18)22-15(12)21-20-13/h4-6,8,11H,18H2,1-3H3,(H,20,21)/t11-/m1/s1. The highest BCUT2D eigenvalue weighted by Crippen LogP contribution is 2.45. The number of nitriles is 1. The maximum absolute atomic E-state index is 9.53. The number of fused-ring (bicyclic) bond motifs is 1. The van der Waals surface area contributed by atoms with Crippen molar-refractivity contribution in [3.8, 4) is 11.9 Å². The number of allylic oxidation sites excluding steroid dienone is 1. The van der Waals surface area contributed by atoms with Crippen LogP contribution in [0.2, 0.25) is 0 Å². The van der Waals surface area contributed by atoms with Crippen LogP contribution in [0, 0.1) is 11.3 Å². The molecular formula is C16H17N5O. The molecular weight excluding hydrogens is 278 g/mol. The van der Waals surface area contributed by atoms with Crippen LogP contribution in [0.1, 0.15) is 43.5 Å². The molecule has 0 spiro atoms. The van der Waals surface area contributed by atoms with E-state index in [1.54, 1.807) is 12.4 Å². The Labute approximate surface area is 128 Å². The van der Waals surface area contributed by atoms with Crippen molar-refractivity contribution in [2.75, 3.05) is 0 Å². The maximum atomic E-state index is 9.53. The van der Waals surface area contributed by atoms with E-state index in [1.807, 2.05) is 12.1 Å². The lowest BCUT2D eigenvalue weighted by molar-refractivity contribution is 0.378. The van der Waals surface area contributed by atoms with Crippen LogP contribution in [-0.4, -0.2) is 15.2 Å². The molecule has 0 saturated carbocycles. The molecule has 1 aliphatic rings. The number of pyridine rings is 1. The van der Waals surface area contributed by atoms with E-state index < -0.39 is 0 Å². The van der Waals surface area contributed by atoms with E-state index in [0.29, 0.717) is 11.5 Å². The number of aromatic nitrogens is 3. The molecule has 2 aromatic rings. The van der Waals surface area contributed by atoms with Crippen LogP contribution < -0.4 is 10.5 Å². The predicted molar refractivity (Wildman–Crippen MR) is 80.8 cm³/mol. The molecule has 1 atom stereocenters. The summed E-state index contributed by atoms with van der Waals surface area (Å²) in [6.45, 7) is 6.23. The highest BCUT2D eigenvalue weighted by Gasteiger charge is 2.37. The number of hydrogen-bond donors (Lipinski definition) is 2. The van der Waals surface area contributed by atoms with Crippen molar-refractivity contribution in [1.82, 2.24) is 15.2 Å². The van der Waals surface area contributed by atoms with Gasteiger partial charge in [0.1, 0.15) is 11.6 Å². The minimum atomic E-state index is -0.324. The Balaban J connectivity index is 2.27. The lowest BCUT2D eigenvalue weighted by Gasteiger charge is -2.27. The Morgan fingerprint density at radius 2 is 2.18 bits per heavy atom. The Bertz CT molecular complexity index is 777. The van der Waals surface area contributed by atoms with Crippen LogP contribution in [0.15, 0.2) is 36.0 Å². The van der Waals surface area contributed by atoms with Gasteiger partial charge < -0.3 is 10.5 Å². The van der Waals surface area contributed by atoms with Crippen LogP contribution in [0.3, 0.4) is 0 Å². The van der Waals surface area contributed by atoms with E-state index in [0.717, 1.165) is 16.8 Å². The lowest BCUT2D eigenvalue weighted by Crippen LogP contribution is -2.23. The van der Waals surface area contributed by atoms with Gasteiger partial charge in [-0.3, -0.25) is 10.1 Å². The lowest BCUT2D eigenvalue weighted by atomic mass is 9.79. The number of nitrogens with one attached hydrogen (secondary N) is 1. The summed E-state index contributed by atoms with van der Waals surface area (Å²) in [6, 6.07) is 5.94. The molecule has 22 heavy (non-hydrogen) atoms. The largest absolute Gasteiger partial charge is 0.420 e. The van der Waals surface area contributed by atoms with Gasteiger partial charge in [0.25, 0.3) is 0 Å². The van der Waals surface area contributed by atoms with E-state index >= 15 is 0 Å². The number of hydrogen-bond acceptors (Lipinski definition) is 5. The summed E-state index contributed by atoms with van der Waals surface area (Å²) >= 11 is 0. The number of rotatable bonds is 1. The van der Waals surface area contributed by atoms with Crippen molar-refractivity contribution >= 4 is 0 Å². The molecule has 3 heterocycles. The molecule has 6 nitrogen and oxygen atoms in total. The van der Waals surface area contributed by atoms with Gasteiger partial charge in [-0.2, -0.15) is 5.26 Å². The van der Waals surface area contributed by atoms with E-state index in [2.05, 4.69) is 42.0 Å². The summed E-state index contributed by atoms with van der Waals surface area (Å²) in [5.41, 5.74) is 8.79. The Morgan fingerprint density at radius 1 is 1.41 bits per heavy atom. The van der Waals surface area contributed by atoms with Gasteiger partial charge in [-0.15, -0.1) is 5.10 Å². The molecule has 0 saturated heterocycles. The van der Waals surface area contributed by atoms with Crippen LogP contribution in [0.4, 0.5) is 0 Å². The van der Waals surface area contributed by atoms with Gasteiger partial charge in [0.05, 0.1) is 11.5 Å². The van der Waals surface area contributed by atoms with Crippen molar-refractivity contribution in [2.24, 2.45) is 5.73 Å². The molecule has 0 amide bonds. The Hall–Kier alpha value is -2.81. The summed E-state index contributed by atoms with van der Waals surface area (Å²) < 4.78 is 5.53. The summed E-state index contributed by atoms with van der Waals surface area (Å²) in [5.74, 6) is 0.196. The molecule has 1 aliphatic heterocycles. The third-order valence-corrected chi connectivity index (χ3v) is 3.71. The number of nitrogens with two attached hydrogens (primary N) is 1. The van der Waals surface area contributed by atoms with Crippen molar-refractivity contribution in [3.05, 3.63) is 52.8 Å². The fourth-order valence-corrected chi connectivity index (χ4v) is 2.70. The number of H-pyrrole nitrogens is 1. The average molecular weight is 295 g/mol. The SMILES string of the molecule is CC(C)(C)c1[nH]nc2c1[C@H](c1cccnc1)C(C#N)=C(N)O2. The van der Waals surface area contributed by atoms with E-state index in [-0.39, 0.29) is 17.2 Å². The normalized spacial score (nSPS) is 17.6. The first kappa shape index (κ1) is 14.1. The minimum Gasteiger partial charge on any atom is -0.420 e. The van der Waals surface area contributed by atoms with Gasteiger partial charge in [-0.1, -0.05) is 26.8 Å². The Morgan fingerprint density at radius 3 is 2.77 bits per heavy atom. The third-order valence-electron chi connectivity index (χ3n) is 3.71. The molecule has 0 aliphatic carbocycles. The first-order valence-electron chi connectivity index (χ1n) is 6.99. The molecule has 3 N–H and O–H groups in total. The van der Waals surface area contributed by atoms with E-state index in [4.69, 9.17) is 10.5 Å². The third kappa shape index (κ3) is 2.11. The monoisotopic (exact) mass is 295 g/mol. The first-order chi connectivity index (χ1) is 10.4.